The minimum absolute atomic E-state index is 0.0292. The molecule has 4 nitrogen and oxygen atoms in total. The van der Waals surface area contributed by atoms with Crippen LogP contribution in [0.3, 0.4) is 0 Å². The number of likely N-dealkylation sites (tertiary alicyclic amines) is 1. The summed E-state index contributed by atoms with van der Waals surface area (Å²) in [5.41, 5.74) is 2.51. The molecule has 1 aromatic carbocycles. The standard InChI is InChI=1S/C18H21NO3/c1-12-10-15-16(11-13(12)2)18(21)19(17(15)20)8-9-22-14-6-4-3-5-7-14/h3-7,15-16H,8-11H2,1-2H3/t15-,16-/m0/s1. The summed E-state index contributed by atoms with van der Waals surface area (Å²) in [6, 6.07) is 9.44. The molecule has 0 bridgehead atoms. The van der Waals surface area contributed by atoms with Crippen LogP contribution in [-0.2, 0) is 9.59 Å². The smallest absolute Gasteiger partial charge is 0.233 e. The van der Waals surface area contributed by atoms with E-state index >= 15 is 0 Å². The lowest BCUT2D eigenvalue weighted by atomic mass is 9.78. The summed E-state index contributed by atoms with van der Waals surface area (Å²) in [5, 5.41) is 0. The van der Waals surface area contributed by atoms with Gasteiger partial charge in [-0.2, -0.15) is 0 Å². The highest BCUT2D eigenvalue weighted by Crippen LogP contribution is 2.40. The first-order valence-electron chi connectivity index (χ1n) is 7.76. The van der Waals surface area contributed by atoms with Crippen LogP contribution in [0.5, 0.6) is 5.75 Å². The Balaban J connectivity index is 1.62. The second-order valence-electron chi connectivity index (χ2n) is 6.17. The highest BCUT2D eigenvalue weighted by atomic mass is 16.5. The summed E-state index contributed by atoms with van der Waals surface area (Å²) in [5.74, 6) is 0.380. The van der Waals surface area contributed by atoms with E-state index in [0.717, 1.165) is 18.6 Å². The minimum Gasteiger partial charge on any atom is -0.492 e. The molecule has 116 valence electrons. The predicted molar refractivity (Wildman–Crippen MR) is 83.2 cm³/mol. The summed E-state index contributed by atoms with van der Waals surface area (Å²) < 4.78 is 5.60. The Morgan fingerprint density at radius 3 is 2.09 bits per heavy atom. The number of carbonyl (C=O) groups is 2. The molecule has 1 aromatic rings. The van der Waals surface area contributed by atoms with E-state index in [1.54, 1.807) is 0 Å². The zero-order valence-corrected chi connectivity index (χ0v) is 13.0. The maximum atomic E-state index is 12.5. The summed E-state index contributed by atoms with van der Waals surface area (Å²) in [7, 11) is 0. The Kier molecular flexibility index (Phi) is 4.01. The quantitative estimate of drug-likeness (QED) is 0.634. The summed E-state index contributed by atoms with van der Waals surface area (Å²) in [4.78, 5) is 26.3. The Labute approximate surface area is 130 Å². The Morgan fingerprint density at radius 1 is 1.00 bits per heavy atom. The maximum absolute atomic E-state index is 12.5. The van der Waals surface area contributed by atoms with E-state index in [4.69, 9.17) is 4.74 Å². The molecule has 2 amide bonds. The molecular formula is C18H21NO3. The molecule has 1 fully saturated rings. The number of hydrogen-bond acceptors (Lipinski definition) is 3. The van der Waals surface area contributed by atoms with Gasteiger partial charge in [0.15, 0.2) is 0 Å². The summed E-state index contributed by atoms with van der Waals surface area (Å²) in [6.45, 7) is 4.79. The van der Waals surface area contributed by atoms with Crippen molar-refractivity contribution in [2.24, 2.45) is 11.8 Å². The molecule has 0 spiro atoms. The molecule has 2 atom stereocenters. The first-order chi connectivity index (χ1) is 10.6. The van der Waals surface area contributed by atoms with Crippen molar-refractivity contribution in [3.05, 3.63) is 41.5 Å². The van der Waals surface area contributed by atoms with Crippen LogP contribution in [0.1, 0.15) is 26.7 Å². The van der Waals surface area contributed by atoms with E-state index in [2.05, 4.69) is 13.8 Å². The highest BCUT2D eigenvalue weighted by molar-refractivity contribution is 6.05. The van der Waals surface area contributed by atoms with E-state index < -0.39 is 0 Å². The molecule has 1 saturated heterocycles. The van der Waals surface area contributed by atoms with Gasteiger partial charge in [-0.05, 0) is 38.8 Å². The SMILES string of the molecule is CC1=C(C)C[C@@H]2C(=O)N(CCOc3ccccc3)C(=O)[C@H]2C1. The van der Waals surface area contributed by atoms with Gasteiger partial charge in [-0.3, -0.25) is 14.5 Å². The number of carbonyl (C=O) groups excluding carboxylic acids is 2. The minimum atomic E-state index is -0.159. The molecule has 0 aromatic heterocycles. The fourth-order valence-electron chi connectivity index (χ4n) is 3.31. The van der Waals surface area contributed by atoms with Crippen molar-refractivity contribution in [1.29, 1.82) is 0 Å². The third-order valence-electron chi connectivity index (χ3n) is 4.76. The fourth-order valence-corrected chi connectivity index (χ4v) is 3.31. The van der Waals surface area contributed by atoms with Crippen molar-refractivity contribution in [2.45, 2.75) is 26.7 Å². The van der Waals surface area contributed by atoms with Gasteiger partial charge in [-0.1, -0.05) is 29.3 Å². The van der Waals surface area contributed by atoms with Gasteiger partial charge in [-0.25, -0.2) is 0 Å². The number of allylic oxidation sites excluding steroid dienone is 2. The number of amides is 2. The maximum Gasteiger partial charge on any atom is 0.233 e. The Hall–Kier alpha value is -2.10. The number of hydrogen-bond donors (Lipinski definition) is 0. The number of ether oxygens (including phenoxy) is 1. The number of para-hydroxylation sites is 1. The van der Waals surface area contributed by atoms with Gasteiger partial charge in [0.1, 0.15) is 12.4 Å². The van der Waals surface area contributed by atoms with Gasteiger partial charge < -0.3 is 4.74 Å². The second kappa shape index (κ2) is 5.95. The van der Waals surface area contributed by atoms with Crippen LogP contribution < -0.4 is 4.74 Å². The average molecular weight is 299 g/mol. The third kappa shape index (κ3) is 2.65. The molecule has 1 aliphatic heterocycles. The van der Waals surface area contributed by atoms with Gasteiger partial charge in [0.05, 0.1) is 18.4 Å². The fraction of sp³-hybridized carbons (Fsp3) is 0.444. The first kappa shape index (κ1) is 14.8. The average Bonchev–Trinajstić information content (AvgIpc) is 2.74. The molecular weight excluding hydrogens is 278 g/mol. The number of imide groups is 1. The van der Waals surface area contributed by atoms with Gasteiger partial charge in [0.2, 0.25) is 11.8 Å². The zero-order valence-electron chi connectivity index (χ0n) is 13.0. The van der Waals surface area contributed by atoms with E-state index in [9.17, 15) is 9.59 Å². The second-order valence-corrected chi connectivity index (χ2v) is 6.17. The van der Waals surface area contributed by atoms with Crippen LogP contribution in [0.2, 0.25) is 0 Å². The molecule has 0 N–H and O–H groups in total. The molecule has 0 radical (unpaired) electrons. The van der Waals surface area contributed by atoms with Crippen LogP contribution >= 0.6 is 0 Å². The van der Waals surface area contributed by atoms with E-state index in [-0.39, 0.29) is 23.7 Å². The molecule has 4 heteroatoms. The van der Waals surface area contributed by atoms with Crippen LogP contribution in [0.4, 0.5) is 0 Å². The van der Waals surface area contributed by atoms with Crippen LogP contribution in [-0.4, -0.2) is 29.9 Å². The van der Waals surface area contributed by atoms with Crippen molar-refractivity contribution in [3.8, 4) is 5.75 Å². The van der Waals surface area contributed by atoms with Gasteiger partial charge in [0.25, 0.3) is 0 Å². The number of benzene rings is 1. The number of rotatable bonds is 4. The number of fused-ring (bicyclic) bond motifs is 1. The van der Waals surface area contributed by atoms with Gasteiger partial charge >= 0.3 is 0 Å². The normalized spacial score (nSPS) is 24.7. The van der Waals surface area contributed by atoms with Gasteiger partial charge in [-0.15, -0.1) is 0 Å². The van der Waals surface area contributed by atoms with Crippen molar-refractivity contribution < 1.29 is 14.3 Å². The largest absolute Gasteiger partial charge is 0.492 e. The molecule has 1 heterocycles. The molecule has 1 aliphatic carbocycles. The Morgan fingerprint density at radius 2 is 1.55 bits per heavy atom. The van der Waals surface area contributed by atoms with Crippen LogP contribution in [0, 0.1) is 11.8 Å². The van der Waals surface area contributed by atoms with Crippen LogP contribution in [0.15, 0.2) is 41.5 Å². The topological polar surface area (TPSA) is 46.6 Å². The predicted octanol–water partition coefficient (Wildman–Crippen LogP) is 2.80. The molecule has 22 heavy (non-hydrogen) atoms. The summed E-state index contributed by atoms with van der Waals surface area (Å²) >= 11 is 0. The molecule has 0 unspecified atom stereocenters. The van der Waals surface area contributed by atoms with E-state index in [1.807, 2.05) is 30.3 Å². The monoisotopic (exact) mass is 299 g/mol. The molecule has 0 saturated carbocycles. The van der Waals surface area contributed by atoms with E-state index in [0.29, 0.717) is 13.2 Å². The number of nitrogens with zero attached hydrogens (tertiary/aromatic N) is 1. The molecule has 2 aliphatic rings. The lowest BCUT2D eigenvalue weighted by molar-refractivity contribution is -0.140. The van der Waals surface area contributed by atoms with Crippen LogP contribution in [0.25, 0.3) is 0 Å². The van der Waals surface area contributed by atoms with Crippen molar-refractivity contribution in [1.82, 2.24) is 4.90 Å². The lowest BCUT2D eigenvalue weighted by Crippen LogP contribution is -2.34. The lowest BCUT2D eigenvalue weighted by Gasteiger charge is -2.23. The zero-order chi connectivity index (χ0) is 15.7. The molecule has 3 rings (SSSR count). The summed E-state index contributed by atoms with van der Waals surface area (Å²) in [6.07, 6.45) is 1.44. The highest BCUT2D eigenvalue weighted by Gasteiger charge is 2.48. The Bertz CT molecular complexity index is 588. The van der Waals surface area contributed by atoms with Crippen molar-refractivity contribution in [2.75, 3.05) is 13.2 Å². The van der Waals surface area contributed by atoms with E-state index in [1.165, 1.54) is 16.0 Å². The third-order valence-corrected chi connectivity index (χ3v) is 4.76. The van der Waals surface area contributed by atoms with Crippen molar-refractivity contribution in [3.63, 3.8) is 0 Å². The van der Waals surface area contributed by atoms with Crippen molar-refractivity contribution >= 4 is 11.8 Å². The first-order valence-corrected chi connectivity index (χ1v) is 7.76. The van der Waals surface area contributed by atoms with Gasteiger partial charge in [0, 0.05) is 0 Å².